The minimum Gasteiger partial charge on any atom is -0.346 e. The van der Waals surface area contributed by atoms with Crippen LogP contribution in [0.3, 0.4) is 0 Å². The average molecular weight is 316 g/mol. The topological polar surface area (TPSA) is 59.4 Å². The van der Waals surface area contributed by atoms with Crippen LogP contribution in [0.25, 0.3) is 0 Å². The molecule has 1 N–H and O–H groups in total. The van der Waals surface area contributed by atoms with E-state index in [1.54, 1.807) is 6.07 Å². The maximum atomic E-state index is 12.3. The highest BCUT2D eigenvalue weighted by Gasteiger charge is 2.20. The molecule has 1 fully saturated rings. The minimum atomic E-state index is -0.157. The van der Waals surface area contributed by atoms with Crippen LogP contribution < -0.4 is 5.32 Å². The van der Waals surface area contributed by atoms with Crippen LogP contribution >= 0.6 is 12.2 Å². The predicted octanol–water partition coefficient (Wildman–Crippen LogP) is 1.54. The third-order valence-electron chi connectivity index (χ3n) is 3.81. The zero-order chi connectivity index (χ0) is 15.9. The molecule has 22 heavy (non-hydrogen) atoms. The summed E-state index contributed by atoms with van der Waals surface area (Å²) in [5.74, 6) is -0.157. The lowest BCUT2D eigenvalue weighted by Crippen LogP contribution is -2.52. The van der Waals surface area contributed by atoms with Gasteiger partial charge in [-0.25, -0.2) is 0 Å². The second-order valence-corrected chi connectivity index (χ2v) is 5.70. The molecule has 0 aliphatic carbocycles. The molecule has 1 aromatic carbocycles. The maximum Gasteiger partial charge on any atom is 0.257 e. The number of amides is 1. The average Bonchev–Trinajstić information content (AvgIpc) is 2.53. The number of rotatable bonds is 3. The summed E-state index contributed by atoms with van der Waals surface area (Å²) in [5, 5.41) is 11.9. The van der Waals surface area contributed by atoms with Crippen molar-refractivity contribution in [3.8, 4) is 6.07 Å². The molecule has 0 unspecified atom stereocenters. The van der Waals surface area contributed by atoms with Crippen molar-refractivity contribution >= 4 is 23.2 Å². The summed E-state index contributed by atoms with van der Waals surface area (Å²) in [4.78, 5) is 16.5. The number of thiocarbonyl (C=S) groups is 1. The van der Waals surface area contributed by atoms with Crippen molar-refractivity contribution in [2.75, 3.05) is 32.7 Å². The fraction of sp³-hybridized carbons (Fsp3) is 0.438. The zero-order valence-corrected chi connectivity index (χ0v) is 13.5. The summed E-state index contributed by atoms with van der Waals surface area (Å²) >= 11 is 5.34. The highest BCUT2D eigenvalue weighted by molar-refractivity contribution is 7.80. The van der Waals surface area contributed by atoms with Gasteiger partial charge in [0, 0.05) is 44.7 Å². The monoisotopic (exact) mass is 316 g/mol. The van der Waals surface area contributed by atoms with Crippen molar-refractivity contribution in [1.29, 1.82) is 5.26 Å². The SMILES string of the molecule is Cc1ccccc1C(=O)NC(=S)N1CCN(CCC#N)CC1. The van der Waals surface area contributed by atoms with Crippen molar-refractivity contribution in [3.63, 3.8) is 0 Å². The Kier molecular flexibility index (Phi) is 5.87. The zero-order valence-electron chi connectivity index (χ0n) is 12.7. The Hall–Kier alpha value is -1.97. The number of piperazine rings is 1. The van der Waals surface area contributed by atoms with E-state index in [0.717, 1.165) is 38.3 Å². The Bertz CT molecular complexity index is 588. The van der Waals surface area contributed by atoms with Gasteiger partial charge in [-0.2, -0.15) is 5.26 Å². The molecule has 0 aromatic heterocycles. The molecule has 1 heterocycles. The van der Waals surface area contributed by atoms with E-state index in [0.29, 0.717) is 17.1 Å². The van der Waals surface area contributed by atoms with Crippen LogP contribution in [-0.2, 0) is 0 Å². The van der Waals surface area contributed by atoms with E-state index in [1.165, 1.54) is 0 Å². The molecule has 5 nitrogen and oxygen atoms in total. The quantitative estimate of drug-likeness (QED) is 0.857. The highest BCUT2D eigenvalue weighted by atomic mass is 32.1. The van der Waals surface area contributed by atoms with E-state index < -0.39 is 0 Å². The summed E-state index contributed by atoms with van der Waals surface area (Å²) in [7, 11) is 0. The normalized spacial score (nSPS) is 15.2. The molecule has 116 valence electrons. The van der Waals surface area contributed by atoms with Crippen molar-refractivity contribution in [1.82, 2.24) is 15.1 Å². The fourth-order valence-corrected chi connectivity index (χ4v) is 2.73. The lowest BCUT2D eigenvalue weighted by Gasteiger charge is -2.35. The minimum absolute atomic E-state index is 0.157. The highest BCUT2D eigenvalue weighted by Crippen LogP contribution is 2.08. The first kappa shape index (κ1) is 16.4. The van der Waals surface area contributed by atoms with Gasteiger partial charge >= 0.3 is 0 Å². The van der Waals surface area contributed by atoms with Gasteiger partial charge in [-0.1, -0.05) is 18.2 Å². The Morgan fingerprint density at radius 2 is 2.00 bits per heavy atom. The molecule has 0 bridgehead atoms. The fourth-order valence-electron chi connectivity index (χ4n) is 2.45. The van der Waals surface area contributed by atoms with Crippen LogP contribution in [0.1, 0.15) is 22.3 Å². The summed E-state index contributed by atoms with van der Waals surface area (Å²) in [6, 6.07) is 9.62. The number of hydrogen-bond donors (Lipinski definition) is 1. The van der Waals surface area contributed by atoms with Crippen LogP contribution in [0.15, 0.2) is 24.3 Å². The number of benzene rings is 1. The van der Waals surface area contributed by atoms with Gasteiger partial charge in [0.05, 0.1) is 6.07 Å². The molecule has 0 saturated carbocycles. The van der Waals surface area contributed by atoms with Gasteiger partial charge in [-0.3, -0.25) is 15.0 Å². The van der Waals surface area contributed by atoms with Gasteiger partial charge in [0.2, 0.25) is 0 Å². The molecular formula is C16H20N4OS. The van der Waals surface area contributed by atoms with Crippen LogP contribution in [0.2, 0.25) is 0 Å². The molecule has 1 aliphatic rings. The van der Waals surface area contributed by atoms with E-state index in [-0.39, 0.29) is 5.91 Å². The number of nitrogens with one attached hydrogen (secondary N) is 1. The molecule has 6 heteroatoms. The third kappa shape index (κ3) is 4.26. The van der Waals surface area contributed by atoms with Crippen LogP contribution in [-0.4, -0.2) is 53.5 Å². The third-order valence-corrected chi connectivity index (χ3v) is 4.17. The Morgan fingerprint density at radius 3 is 2.64 bits per heavy atom. The van der Waals surface area contributed by atoms with Crippen LogP contribution in [0.5, 0.6) is 0 Å². The molecular weight excluding hydrogens is 296 g/mol. The molecule has 2 rings (SSSR count). The molecule has 1 aliphatic heterocycles. The molecule has 0 radical (unpaired) electrons. The molecule has 1 aromatic rings. The number of hydrogen-bond acceptors (Lipinski definition) is 4. The molecule has 0 atom stereocenters. The summed E-state index contributed by atoms with van der Waals surface area (Å²) in [6.07, 6.45) is 0.550. The second kappa shape index (κ2) is 7.87. The first-order chi connectivity index (χ1) is 10.6. The van der Waals surface area contributed by atoms with Gasteiger partial charge in [-0.15, -0.1) is 0 Å². The van der Waals surface area contributed by atoms with E-state index in [2.05, 4.69) is 16.3 Å². The van der Waals surface area contributed by atoms with Crippen LogP contribution in [0, 0.1) is 18.3 Å². The number of carbonyl (C=O) groups excluding carboxylic acids is 1. The second-order valence-electron chi connectivity index (χ2n) is 5.31. The summed E-state index contributed by atoms with van der Waals surface area (Å²) in [5.41, 5.74) is 1.58. The summed E-state index contributed by atoms with van der Waals surface area (Å²) in [6.45, 7) is 5.99. The Morgan fingerprint density at radius 1 is 1.32 bits per heavy atom. The number of nitrogens with zero attached hydrogens (tertiary/aromatic N) is 3. The van der Waals surface area contributed by atoms with Crippen molar-refractivity contribution in [2.24, 2.45) is 0 Å². The van der Waals surface area contributed by atoms with Crippen molar-refractivity contribution < 1.29 is 4.79 Å². The van der Waals surface area contributed by atoms with Gasteiger partial charge < -0.3 is 4.90 Å². The lowest BCUT2D eigenvalue weighted by atomic mass is 10.1. The Balaban J connectivity index is 1.85. The van der Waals surface area contributed by atoms with Crippen molar-refractivity contribution in [3.05, 3.63) is 35.4 Å². The smallest absolute Gasteiger partial charge is 0.257 e. The molecule has 0 spiro atoms. The Labute approximate surface area is 136 Å². The number of aryl methyl sites for hydroxylation is 1. The number of nitriles is 1. The van der Waals surface area contributed by atoms with E-state index in [9.17, 15) is 4.79 Å². The number of carbonyl (C=O) groups is 1. The lowest BCUT2D eigenvalue weighted by molar-refractivity contribution is 0.0969. The van der Waals surface area contributed by atoms with E-state index >= 15 is 0 Å². The first-order valence-electron chi connectivity index (χ1n) is 7.37. The first-order valence-corrected chi connectivity index (χ1v) is 7.78. The summed E-state index contributed by atoms with van der Waals surface area (Å²) < 4.78 is 0. The van der Waals surface area contributed by atoms with Crippen molar-refractivity contribution in [2.45, 2.75) is 13.3 Å². The largest absolute Gasteiger partial charge is 0.346 e. The van der Waals surface area contributed by atoms with Gasteiger partial charge in [-0.05, 0) is 30.8 Å². The van der Waals surface area contributed by atoms with Gasteiger partial charge in [0.1, 0.15) is 0 Å². The standard InChI is InChI=1S/C16H20N4OS/c1-13-5-2-3-6-14(13)15(21)18-16(22)20-11-9-19(10-12-20)8-4-7-17/h2-3,5-6H,4,8-12H2,1H3,(H,18,21,22). The van der Waals surface area contributed by atoms with E-state index in [4.69, 9.17) is 17.5 Å². The maximum absolute atomic E-state index is 12.3. The van der Waals surface area contributed by atoms with Crippen LogP contribution in [0.4, 0.5) is 0 Å². The predicted molar refractivity (Wildman–Crippen MR) is 89.5 cm³/mol. The molecule has 1 amide bonds. The van der Waals surface area contributed by atoms with Gasteiger partial charge in [0.25, 0.3) is 5.91 Å². The van der Waals surface area contributed by atoms with Gasteiger partial charge in [0.15, 0.2) is 5.11 Å². The van der Waals surface area contributed by atoms with E-state index in [1.807, 2.05) is 30.0 Å². The molecule has 1 saturated heterocycles.